The number of carbonyl (C=O) groups is 1. The monoisotopic (exact) mass is 396 g/mol. The van der Waals surface area contributed by atoms with Crippen molar-refractivity contribution in [2.45, 2.75) is 6.61 Å². The molecule has 0 saturated heterocycles. The van der Waals surface area contributed by atoms with Crippen molar-refractivity contribution in [3.63, 3.8) is 0 Å². The van der Waals surface area contributed by atoms with Gasteiger partial charge in [-0.3, -0.25) is 10.1 Å². The summed E-state index contributed by atoms with van der Waals surface area (Å²) in [6.07, 6.45) is 2.53. The second kappa shape index (κ2) is 8.92. The summed E-state index contributed by atoms with van der Waals surface area (Å²) in [6, 6.07) is 13.7. The SMILES string of the molecule is COc1ccc(-c2nc(COC(=O)/C=C/c3ccccc3[N+](=O)[O-])cs2)cc1. The molecule has 0 aliphatic heterocycles. The summed E-state index contributed by atoms with van der Waals surface area (Å²) >= 11 is 1.45. The summed E-state index contributed by atoms with van der Waals surface area (Å²) in [6.45, 7) is 0.0205. The summed E-state index contributed by atoms with van der Waals surface area (Å²) in [4.78, 5) is 26.8. The van der Waals surface area contributed by atoms with Gasteiger partial charge in [0.15, 0.2) is 0 Å². The molecule has 0 atom stereocenters. The van der Waals surface area contributed by atoms with Crippen LogP contribution >= 0.6 is 11.3 Å². The molecule has 7 nitrogen and oxygen atoms in total. The lowest BCUT2D eigenvalue weighted by Gasteiger charge is -2.01. The smallest absolute Gasteiger partial charge is 0.331 e. The number of carbonyl (C=O) groups excluding carboxylic acids is 1. The molecule has 3 aromatic rings. The van der Waals surface area contributed by atoms with Crippen LogP contribution in [0.4, 0.5) is 5.69 Å². The molecule has 0 N–H and O–H groups in total. The highest BCUT2D eigenvalue weighted by molar-refractivity contribution is 7.13. The van der Waals surface area contributed by atoms with Crippen LogP contribution in [0.3, 0.4) is 0 Å². The molecule has 0 amide bonds. The third kappa shape index (κ3) is 4.80. The molecule has 0 radical (unpaired) electrons. The van der Waals surface area contributed by atoms with Gasteiger partial charge in [-0.2, -0.15) is 0 Å². The molecule has 0 spiro atoms. The average molecular weight is 396 g/mol. The summed E-state index contributed by atoms with van der Waals surface area (Å²) in [5, 5.41) is 13.6. The van der Waals surface area contributed by atoms with Gasteiger partial charge in [0.1, 0.15) is 17.4 Å². The standard InChI is InChI=1S/C20H16N2O5S/c1-26-17-9-6-15(7-10-17)20-21-16(13-28-20)12-27-19(23)11-8-14-4-2-3-5-18(14)22(24)25/h2-11,13H,12H2,1H3/b11-8+. The maximum atomic E-state index is 11.9. The van der Waals surface area contributed by atoms with Crippen LogP contribution in [0.1, 0.15) is 11.3 Å². The first-order chi connectivity index (χ1) is 13.6. The lowest BCUT2D eigenvalue weighted by Crippen LogP contribution is -2.01. The Hall–Kier alpha value is -3.52. The molecule has 0 bridgehead atoms. The molecule has 1 aromatic heterocycles. The highest BCUT2D eigenvalue weighted by atomic mass is 32.1. The number of thiazole rings is 1. The molecule has 0 fully saturated rings. The molecule has 0 aliphatic rings. The summed E-state index contributed by atoms with van der Waals surface area (Å²) in [7, 11) is 1.61. The fraction of sp³-hybridized carbons (Fsp3) is 0.100. The van der Waals surface area contributed by atoms with Gasteiger partial charge in [-0.1, -0.05) is 12.1 Å². The Morgan fingerprint density at radius 2 is 1.96 bits per heavy atom. The number of hydrogen-bond donors (Lipinski definition) is 0. The van der Waals surface area contributed by atoms with Crippen molar-refractivity contribution in [2.24, 2.45) is 0 Å². The highest BCUT2D eigenvalue weighted by Gasteiger charge is 2.10. The number of nitro benzene ring substituents is 1. The van der Waals surface area contributed by atoms with Crippen LogP contribution in [0, 0.1) is 10.1 Å². The first kappa shape index (κ1) is 19.2. The second-order valence-electron chi connectivity index (χ2n) is 5.63. The quantitative estimate of drug-likeness (QED) is 0.253. The topological polar surface area (TPSA) is 91.6 Å². The van der Waals surface area contributed by atoms with Gasteiger partial charge in [-0.05, 0) is 36.4 Å². The zero-order chi connectivity index (χ0) is 19.9. The van der Waals surface area contributed by atoms with Crippen molar-refractivity contribution < 1.29 is 19.2 Å². The normalized spacial score (nSPS) is 10.8. The number of aromatic nitrogens is 1. The number of nitrogens with zero attached hydrogens (tertiary/aromatic N) is 2. The third-order valence-corrected chi connectivity index (χ3v) is 4.72. The first-order valence-corrected chi connectivity index (χ1v) is 9.12. The van der Waals surface area contributed by atoms with Crippen molar-refractivity contribution in [1.29, 1.82) is 0 Å². The number of rotatable bonds is 7. The van der Waals surface area contributed by atoms with Crippen LogP contribution in [0.5, 0.6) is 5.75 Å². The minimum absolute atomic E-state index is 0.0205. The Bertz CT molecular complexity index is 1010. The van der Waals surface area contributed by atoms with Crippen LogP contribution in [-0.4, -0.2) is 23.0 Å². The van der Waals surface area contributed by atoms with E-state index in [4.69, 9.17) is 9.47 Å². The lowest BCUT2D eigenvalue weighted by atomic mass is 10.1. The van der Waals surface area contributed by atoms with Crippen LogP contribution in [-0.2, 0) is 16.1 Å². The van der Waals surface area contributed by atoms with Gasteiger partial charge in [0, 0.05) is 23.1 Å². The van der Waals surface area contributed by atoms with Gasteiger partial charge in [0.2, 0.25) is 0 Å². The Balaban J connectivity index is 1.59. The Morgan fingerprint density at radius 1 is 1.21 bits per heavy atom. The van der Waals surface area contributed by atoms with E-state index in [1.165, 1.54) is 29.6 Å². The van der Waals surface area contributed by atoms with E-state index in [1.807, 2.05) is 29.6 Å². The van der Waals surface area contributed by atoms with E-state index in [0.29, 0.717) is 11.3 Å². The molecule has 142 valence electrons. The van der Waals surface area contributed by atoms with E-state index in [1.54, 1.807) is 25.3 Å². The van der Waals surface area contributed by atoms with Crippen molar-refractivity contribution in [3.05, 3.63) is 81.4 Å². The number of hydrogen-bond acceptors (Lipinski definition) is 7. The molecular weight excluding hydrogens is 380 g/mol. The first-order valence-electron chi connectivity index (χ1n) is 8.24. The number of ether oxygens (including phenoxy) is 2. The van der Waals surface area contributed by atoms with Crippen LogP contribution in [0.25, 0.3) is 16.6 Å². The summed E-state index contributed by atoms with van der Waals surface area (Å²) in [5.41, 5.74) is 1.83. The van der Waals surface area contributed by atoms with Crippen molar-refractivity contribution in [3.8, 4) is 16.3 Å². The van der Waals surface area contributed by atoms with E-state index in [0.717, 1.165) is 16.3 Å². The minimum atomic E-state index is -0.600. The van der Waals surface area contributed by atoms with E-state index in [2.05, 4.69) is 4.98 Å². The minimum Gasteiger partial charge on any atom is -0.497 e. The molecule has 2 aromatic carbocycles. The highest BCUT2D eigenvalue weighted by Crippen LogP contribution is 2.26. The Morgan fingerprint density at radius 3 is 2.68 bits per heavy atom. The van der Waals surface area contributed by atoms with Crippen molar-refractivity contribution >= 4 is 29.1 Å². The number of para-hydroxylation sites is 1. The number of esters is 1. The zero-order valence-corrected chi connectivity index (χ0v) is 15.7. The van der Waals surface area contributed by atoms with Crippen molar-refractivity contribution in [2.75, 3.05) is 7.11 Å². The molecular formula is C20H16N2O5S. The number of nitro groups is 1. The lowest BCUT2D eigenvalue weighted by molar-refractivity contribution is -0.385. The van der Waals surface area contributed by atoms with Crippen LogP contribution in [0.15, 0.2) is 60.0 Å². The van der Waals surface area contributed by atoms with Gasteiger partial charge in [0.05, 0.1) is 23.3 Å². The largest absolute Gasteiger partial charge is 0.497 e. The van der Waals surface area contributed by atoms with E-state index in [9.17, 15) is 14.9 Å². The fourth-order valence-electron chi connectivity index (χ4n) is 2.39. The van der Waals surface area contributed by atoms with Gasteiger partial charge in [0.25, 0.3) is 5.69 Å². The van der Waals surface area contributed by atoms with Gasteiger partial charge in [-0.25, -0.2) is 9.78 Å². The summed E-state index contributed by atoms with van der Waals surface area (Å²) in [5.74, 6) is 0.164. The molecule has 1 heterocycles. The predicted molar refractivity (Wildman–Crippen MR) is 106 cm³/mol. The van der Waals surface area contributed by atoms with Crippen LogP contribution < -0.4 is 4.74 Å². The Kier molecular flexibility index (Phi) is 6.13. The van der Waals surface area contributed by atoms with Crippen LogP contribution in [0.2, 0.25) is 0 Å². The fourth-order valence-corrected chi connectivity index (χ4v) is 3.20. The maximum absolute atomic E-state index is 11.9. The summed E-state index contributed by atoms with van der Waals surface area (Å²) < 4.78 is 10.3. The average Bonchev–Trinajstić information content (AvgIpc) is 3.20. The molecule has 8 heteroatoms. The number of methoxy groups -OCH3 is 1. The molecule has 0 unspecified atom stereocenters. The van der Waals surface area contributed by atoms with Crippen molar-refractivity contribution in [1.82, 2.24) is 4.98 Å². The van der Waals surface area contributed by atoms with Gasteiger partial charge < -0.3 is 9.47 Å². The third-order valence-electron chi connectivity index (χ3n) is 3.78. The molecule has 0 saturated carbocycles. The zero-order valence-electron chi connectivity index (χ0n) is 14.9. The predicted octanol–water partition coefficient (Wildman–Crippen LogP) is 4.48. The van der Waals surface area contributed by atoms with Gasteiger partial charge in [-0.15, -0.1) is 11.3 Å². The van der Waals surface area contributed by atoms with Gasteiger partial charge >= 0.3 is 5.97 Å². The van der Waals surface area contributed by atoms with E-state index >= 15 is 0 Å². The van der Waals surface area contributed by atoms with E-state index < -0.39 is 10.9 Å². The maximum Gasteiger partial charge on any atom is 0.331 e. The second-order valence-corrected chi connectivity index (χ2v) is 6.49. The van der Waals surface area contributed by atoms with E-state index in [-0.39, 0.29) is 12.3 Å². The molecule has 0 aliphatic carbocycles. The number of benzene rings is 2. The molecule has 28 heavy (non-hydrogen) atoms. The molecule has 3 rings (SSSR count). The Labute approximate surface area is 165 Å².